The number of hydrogen-bond acceptors (Lipinski definition) is 3. The smallest absolute Gasteiger partial charge is 0.175 e. The van der Waals surface area contributed by atoms with Crippen molar-refractivity contribution in [1.82, 2.24) is 0 Å². The Kier molecular flexibility index (Phi) is 4.81. The topological polar surface area (TPSA) is 46.2 Å². The first kappa shape index (κ1) is 16.1. The highest BCUT2D eigenvalue weighted by Crippen LogP contribution is 2.27. The Morgan fingerprint density at radius 1 is 1.00 bits per heavy atom. The van der Waals surface area contributed by atoms with E-state index >= 15 is 0 Å². The molecule has 3 nitrogen and oxygen atoms in total. The predicted molar refractivity (Wildman–Crippen MR) is 88.1 cm³/mol. The maximum atomic E-state index is 11.4. The fourth-order valence-electron chi connectivity index (χ4n) is 1.91. The summed E-state index contributed by atoms with van der Waals surface area (Å²) in [6, 6.07) is 12.1. The Hall–Kier alpha value is -1.23. The second-order valence-corrected chi connectivity index (χ2v) is 7.67. The lowest BCUT2D eigenvalue weighted by Gasteiger charge is -2.16. The molecule has 0 bridgehead atoms. The first-order valence-electron chi connectivity index (χ1n) is 6.29. The van der Waals surface area contributed by atoms with Crippen molar-refractivity contribution < 1.29 is 8.42 Å². The summed E-state index contributed by atoms with van der Waals surface area (Å²) in [7, 11) is -3.17. The van der Waals surface area contributed by atoms with E-state index in [9.17, 15) is 8.42 Å². The minimum atomic E-state index is -3.17. The minimum Gasteiger partial charge on any atom is -0.379 e. The molecule has 0 aromatic heterocycles. The molecule has 0 aliphatic rings. The van der Waals surface area contributed by atoms with Crippen LogP contribution in [0.1, 0.15) is 18.5 Å². The summed E-state index contributed by atoms with van der Waals surface area (Å²) in [5, 5.41) is 4.32. The summed E-state index contributed by atoms with van der Waals surface area (Å²) in [5.74, 6) is 0. The van der Waals surface area contributed by atoms with Crippen LogP contribution in [0.4, 0.5) is 5.69 Å². The number of hydrogen-bond donors (Lipinski definition) is 1. The summed E-state index contributed by atoms with van der Waals surface area (Å²) >= 11 is 11.9. The lowest BCUT2D eigenvalue weighted by Crippen LogP contribution is -2.07. The average molecular weight is 344 g/mol. The molecule has 0 spiro atoms. The molecule has 2 aromatic rings. The monoisotopic (exact) mass is 343 g/mol. The van der Waals surface area contributed by atoms with Gasteiger partial charge in [0.2, 0.25) is 0 Å². The van der Waals surface area contributed by atoms with Gasteiger partial charge in [-0.05, 0) is 48.9 Å². The maximum Gasteiger partial charge on any atom is 0.175 e. The minimum absolute atomic E-state index is 0.0175. The SMILES string of the molecule is CC(Nc1ccc(S(C)(=O)=O)cc1)c1ccc(Cl)c(Cl)c1. The quantitative estimate of drug-likeness (QED) is 0.884. The second-order valence-electron chi connectivity index (χ2n) is 4.84. The largest absolute Gasteiger partial charge is 0.379 e. The fraction of sp³-hybridized carbons (Fsp3) is 0.200. The van der Waals surface area contributed by atoms with Gasteiger partial charge >= 0.3 is 0 Å². The third-order valence-corrected chi connectivity index (χ3v) is 4.98. The van der Waals surface area contributed by atoms with E-state index in [-0.39, 0.29) is 6.04 Å². The zero-order valence-electron chi connectivity index (χ0n) is 11.6. The molecule has 21 heavy (non-hydrogen) atoms. The molecule has 2 aromatic carbocycles. The van der Waals surface area contributed by atoms with Gasteiger partial charge in [-0.3, -0.25) is 0 Å². The molecule has 1 N–H and O–H groups in total. The lowest BCUT2D eigenvalue weighted by atomic mass is 10.1. The zero-order chi connectivity index (χ0) is 15.6. The highest BCUT2D eigenvalue weighted by atomic mass is 35.5. The molecule has 0 radical (unpaired) electrons. The van der Waals surface area contributed by atoms with Crippen molar-refractivity contribution in [3.05, 3.63) is 58.1 Å². The molecule has 0 heterocycles. The summed E-state index contributed by atoms with van der Waals surface area (Å²) in [4.78, 5) is 0.301. The molecule has 1 atom stereocenters. The van der Waals surface area contributed by atoms with Gasteiger partial charge in [-0.1, -0.05) is 29.3 Å². The molecule has 1 unspecified atom stereocenters. The molecule has 0 aliphatic heterocycles. The molecule has 2 rings (SSSR count). The Morgan fingerprint density at radius 2 is 1.62 bits per heavy atom. The number of rotatable bonds is 4. The number of nitrogens with one attached hydrogen (secondary N) is 1. The third-order valence-electron chi connectivity index (χ3n) is 3.11. The van der Waals surface area contributed by atoms with Crippen LogP contribution < -0.4 is 5.32 Å². The maximum absolute atomic E-state index is 11.4. The molecule has 0 saturated heterocycles. The van der Waals surface area contributed by atoms with E-state index in [2.05, 4.69) is 5.32 Å². The van der Waals surface area contributed by atoms with Gasteiger partial charge in [0, 0.05) is 18.0 Å². The molecule has 0 aliphatic carbocycles. The van der Waals surface area contributed by atoms with Crippen LogP contribution >= 0.6 is 23.2 Å². The van der Waals surface area contributed by atoms with E-state index in [0.29, 0.717) is 14.9 Å². The molecular formula is C15H15Cl2NO2S. The van der Waals surface area contributed by atoms with Gasteiger partial charge in [0.1, 0.15) is 0 Å². The second kappa shape index (κ2) is 6.26. The van der Waals surface area contributed by atoms with Crippen molar-refractivity contribution in [2.75, 3.05) is 11.6 Å². The van der Waals surface area contributed by atoms with E-state index in [1.54, 1.807) is 30.3 Å². The molecule has 0 amide bonds. The van der Waals surface area contributed by atoms with Crippen LogP contribution in [0.3, 0.4) is 0 Å². The Morgan fingerprint density at radius 3 is 2.14 bits per heavy atom. The van der Waals surface area contributed by atoms with Crippen molar-refractivity contribution in [2.45, 2.75) is 17.9 Å². The van der Waals surface area contributed by atoms with Gasteiger partial charge < -0.3 is 5.32 Å². The zero-order valence-corrected chi connectivity index (χ0v) is 13.9. The van der Waals surface area contributed by atoms with Gasteiger partial charge in [0.15, 0.2) is 9.84 Å². The molecular weight excluding hydrogens is 329 g/mol. The third kappa shape index (κ3) is 4.13. The summed E-state index contributed by atoms with van der Waals surface area (Å²) in [6.07, 6.45) is 1.19. The van der Waals surface area contributed by atoms with Crippen molar-refractivity contribution in [2.24, 2.45) is 0 Å². The molecule has 0 fully saturated rings. The molecule has 0 saturated carbocycles. The van der Waals surface area contributed by atoms with Crippen LogP contribution in [-0.2, 0) is 9.84 Å². The van der Waals surface area contributed by atoms with Crippen molar-refractivity contribution >= 4 is 38.7 Å². The lowest BCUT2D eigenvalue weighted by molar-refractivity contribution is 0.602. The Bertz CT molecular complexity index is 743. The first-order chi connectivity index (χ1) is 9.77. The van der Waals surface area contributed by atoms with Crippen molar-refractivity contribution in [3.63, 3.8) is 0 Å². The van der Waals surface area contributed by atoms with Crippen LogP contribution in [0.15, 0.2) is 47.4 Å². The average Bonchev–Trinajstić information content (AvgIpc) is 2.41. The van der Waals surface area contributed by atoms with E-state index in [0.717, 1.165) is 11.3 Å². The summed E-state index contributed by atoms with van der Waals surface area (Å²) in [6.45, 7) is 1.99. The Labute approximate surface area is 134 Å². The van der Waals surface area contributed by atoms with Crippen LogP contribution in [0.2, 0.25) is 10.0 Å². The summed E-state index contributed by atoms with van der Waals surface area (Å²) < 4.78 is 22.8. The highest BCUT2D eigenvalue weighted by molar-refractivity contribution is 7.90. The van der Waals surface area contributed by atoms with Crippen molar-refractivity contribution in [3.8, 4) is 0 Å². The van der Waals surface area contributed by atoms with Crippen LogP contribution in [0, 0.1) is 0 Å². The van der Waals surface area contributed by atoms with E-state index in [4.69, 9.17) is 23.2 Å². The predicted octanol–water partition coefficient (Wildman–Crippen LogP) is 4.57. The normalized spacial score (nSPS) is 13.0. The van der Waals surface area contributed by atoms with Crippen LogP contribution in [0.5, 0.6) is 0 Å². The molecule has 112 valence electrons. The number of benzene rings is 2. The standard InChI is InChI=1S/C15H15Cl2NO2S/c1-10(11-3-8-14(16)15(17)9-11)18-12-4-6-13(7-5-12)21(2,19)20/h3-10,18H,1-2H3. The van der Waals surface area contributed by atoms with E-state index in [1.165, 1.54) is 6.26 Å². The fourth-order valence-corrected chi connectivity index (χ4v) is 2.85. The van der Waals surface area contributed by atoms with Crippen molar-refractivity contribution in [1.29, 1.82) is 0 Å². The van der Waals surface area contributed by atoms with Gasteiger partial charge in [-0.25, -0.2) is 8.42 Å². The van der Waals surface area contributed by atoms with Gasteiger partial charge in [-0.2, -0.15) is 0 Å². The Balaban J connectivity index is 2.15. The number of anilines is 1. The first-order valence-corrected chi connectivity index (χ1v) is 8.94. The summed E-state index contributed by atoms with van der Waals surface area (Å²) in [5.41, 5.74) is 1.83. The van der Waals surface area contributed by atoms with E-state index in [1.807, 2.05) is 19.1 Å². The van der Waals surface area contributed by atoms with Crippen LogP contribution in [0.25, 0.3) is 0 Å². The number of sulfone groups is 1. The number of halogens is 2. The van der Waals surface area contributed by atoms with E-state index < -0.39 is 9.84 Å². The van der Waals surface area contributed by atoms with Gasteiger partial charge in [0.25, 0.3) is 0 Å². The van der Waals surface area contributed by atoms with Gasteiger partial charge in [-0.15, -0.1) is 0 Å². The van der Waals surface area contributed by atoms with Gasteiger partial charge in [0.05, 0.1) is 14.9 Å². The molecule has 6 heteroatoms. The highest BCUT2D eigenvalue weighted by Gasteiger charge is 2.09. The van der Waals surface area contributed by atoms with Crippen LogP contribution in [-0.4, -0.2) is 14.7 Å².